The molecule has 1 amide bonds. The number of nitrogens with one attached hydrogen (secondary N) is 1. The van der Waals surface area contributed by atoms with Gasteiger partial charge < -0.3 is 15.0 Å². The van der Waals surface area contributed by atoms with Crippen LogP contribution in [0.4, 0.5) is 4.39 Å². The molecule has 2 N–H and O–H groups in total. The number of aromatic nitrogens is 3. The van der Waals surface area contributed by atoms with Crippen molar-refractivity contribution < 1.29 is 14.3 Å². The number of benzene rings is 1. The van der Waals surface area contributed by atoms with E-state index < -0.39 is 23.3 Å². The number of carbonyl (C=O) groups is 1. The first-order valence-corrected chi connectivity index (χ1v) is 8.29. The molecule has 2 aromatic heterocycles. The van der Waals surface area contributed by atoms with Gasteiger partial charge >= 0.3 is 0 Å². The molecule has 1 aliphatic heterocycles. The van der Waals surface area contributed by atoms with Crippen LogP contribution in [0.15, 0.2) is 35.3 Å². The summed E-state index contributed by atoms with van der Waals surface area (Å²) in [4.78, 5) is 29.9. The van der Waals surface area contributed by atoms with Gasteiger partial charge in [-0.15, -0.1) is 0 Å². The second kappa shape index (κ2) is 6.06. The number of hydrogen-bond acceptors (Lipinski definition) is 4. The van der Waals surface area contributed by atoms with Crippen LogP contribution in [0.2, 0.25) is 0 Å². The van der Waals surface area contributed by atoms with E-state index in [1.54, 1.807) is 22.6 Å². The summed E-state index contributed by atoms with van der Waals surface area (Å²) in [7, 11) is 0. The normalized spacial score (nSPS) is 15.1. The molecule has 0 saturated heterocycles. The van der Waals surface area contributed by atoms with Crippen LogP contribution in [0, 0.1) is 5.82 Å². The topological polar surface area (TPSA) is 91.2 Å². The summed E-state index contributed by atoms with van der Waals surface area (Å²) in [5.74, 6) is -0.941. The first kappa shape index (κ1) is 16.5. The number of fused-ring (bicyclic) bond motifs is 2. The number of halogens is 1. The van der Waals surface area contributed by atoms with Crippen LogP contribution in [0.3, 0.4) is 0 Å². The molecule has 1 unspecified atom stereocenters. The Bertz CT molecular complexity index is 1070. The Balaban J connectivity index is 1.67. The molecule has 134 valence electrons. The lowest BCUT2D eigenvalue weighted by Crippen LogP contribution is -2.40. The van der Waals surface area contributed by atoms with Crippen molar-refractivity contribution in [3.05, 3.63) is 63.5 Å². The molecule has 0 fully saturated rings. The van der Waals surface area contributed by atoms with E-state index in [-0.39, 0.29) is 10.9 Å². The molecule has 26 heavy (non-hydrogen) atoms. The van der Waals surface area contributed by atoms with Gasteiger partial charge in [0.15, 0.2) is 0 Å². The zero-order valence-electron chi connectivity index (χ0n) is 14.1. The van der Waals surface area contributed by atoms with Crippen LogP contribution in [0.25, 0.3) is 10.9 Å². The van der Waals surface area contributed by atoms with Gasteiger partial charge in [-0.1, -0.05) is 0 Å². The number of carbonyl (C=O) groups excluding carboxylic acids is 1. The van der Waals surface area contributed by atoms with E-state index >= 15 is 0 Å². The van der Waals surface area contributed by atoms with Crippen molar-refractivity contribution in [3.8, 4) is 0 Å². The van der Waals surface area contributed by atoms with Gasteiger partial charge in [0.1, 0.15) is 11.4 Å². The molecule has 8 heteroatoms. The van der Waals surface area contributed by atoms with Crippen LogP contribution in [-0.2, 0) is 13.1 Å². The molecule has 0 aliphatic carbocycles. The molecule has 0 spiro atoms. The Labute approximate surface area is 147 Å². The Morgan fingerprint density at radius 1 is 1.35 bits per heavy atom. The van der Waals surface area contributed by atoms with Gasteiger partial charge in [0.25, 0.3) is 5.91 Å². The second-order valence-electron chi connectivity index (χ2n) is 6.41. The average molecular weight is 356 g/mol. The van der Waals surface area contributed by atoms with Crippen LogP contribution in [0.5, 0.6) is 0 Å². The smallest absolute Gasteiger partial charge is 0.259 e. The Morgan fingerprint density at radius 2 is 2.15 bits per heavy atom. The number of aliphatic hydroxyl groups is 1. The lowest BCUT2D eigenvalue weighted by Gasteiger charge is -2.27. The minimum absolute atomic E-state index is 0.0215. The maximum Gasteiger partial charge on any atom is 0.259 e. The molecule has 3 aromatic rings. The van der Waals surface area contributed by atoms with Crippen LogP contribution in [0.1, 0.15) is 34.8 Å². The van der Waals surface area contributed by atoms with Gasteiger partial charge in [-0.25, -0.2) is 4.39 Å². The fourth-order valence-corrected chi connectivity index (χ4v) is 3.19. The highest BCUT2D eigenvalue weighted by atomic mass is 19.1. The number of H-pyrrole nitrogens is 1. The molecule has 1 aromatic carbocycles. The minimum Gasteiger partial charge on any atom is -0.387 e. The predicted octanol–water partition coefficient (Wildman–Crippen LogP) is 1.57. The van der Waals surface area contributed by atoms with Crippen molar-refractivity contribution in [3.63, 3.8) is 0 Å². The number of aromatic amines is 1. The summed E-state index contributed by atoms with van der Waals surface area (Å²) in [6.45, 7) is 2.80. The largest absolute Gasteiger partial charge is 0.387 e. The molecule has 1 atom stereocenters. The van der Waals surface area contributed by atoms with Crippen LogP contribution in [-0.4, -0.2) is 37.2 Å². The fraction of sp³-hybridized carbons (Fsp3) is 0.278. The van der Waals surface area contributed by atoms with E-state index in [0.717, 1.165) is 11.8 Å². The van der Waals surface area contributed by atoms with E-state index in [1.807, 2.05) is 0 Å². The van der Waals surface area contributed by atoms with Crippen molar-refractivity contribution in [1.29, 1.82) is 0 Å². The molecule has 4 rings (SSSR count). The van der Waals surface area contributed by atoms with Crippen molar-refractivity contribution >= 4 is 16.8 Å². The highest BCUT2D eigenvalue weighted by molar-refractivity contribution is 5.97. The molecule has 0 radical (unpaired) electrons. The number of hydrogen-bond donors (Lipinski definition) is 2. The third-order valence-corrected chi connectivity index (χ3v) is 4.61. The fourth-order valence-electron chi connectivity index (χ4n) is 3.19. The highest BCUT2D eigenvalue weighted by Gasteiger charge is 2.26. The molecule has 0 saturated carbocycles. The number of amides is 1. The predicted molar refractivity (Wildman–Crippen MR) is 92.1 cm³/mol. The zero-order chi connectivity index (χ0) is 18.4. The molecular formula is C18H17FN4O3. The van der Waals surface area contributed by atoms with Crippen molar-refractivity contribution in [2.75, 3.05) is 6.54 Å². The van der Waals surface area contributed by atoms with Crippen molar-refractivity contribution in [1.82, 2.24) is 19.7 Å². The van der Waals surface area contributed by atoms with Gasteiger partial charge in [-0.2, -0.15) is 5.10 Å². The molecule has 3 heterocycles. The van der Waals surface area contributed by atoms with Gasteiger partial charge in [0.2, 0.25) is 5.43 Å². The molecule has 7 nitrogen and oxygen atoms in total. The van der Waals surface area contributed by atoms with Crippen LogP contribution >= 0.6 is 0 Å². The van der Waals surface area contributed by atoms with E-state index in [9.17, 15) is 19.1 Å². The molecular weight excluding hydrogens is 339 g/mol. The average Bonchev–Trinajstić information content (AvgIpc) is 3.05. The van der Waals surface area contributed by atoms with Gasteiger partial charge in [-0.3, -0.25) is 14.3 Å². The Hall–Kier alpha value is -3.00. The summed E-state index contributed by atoms with van der Waals surface area (Å²) in [5, 5.41) is 14.1. The standard InChI is InChI=1S/C18H17FN4O3/c1-10(24)16-7-12-9-22(4-5-23(12)21-16)18(26)14-8-20-15-3-2-11(19)6-13(15)17(14)25/h2-3,6-8,10,24H,4-5,9H2,1H3,(H,20,25). The summed E-state index contributed by atoms with van der Waals surface area (Å²) in [5.41, 5.74) is 1.31. The van der Waals surface area contributed by atoms with Gasteiger partial charge in [0.05, 0.1) is 30.6 Å². The van der Waals surface area contributed by atoms with Crippen LogP contribution < -0.4 is 5.43 Å². The quantitative estimate of drug-likeness (QED) is 0.729. The maximum atomic E-state index is 13.5. The van der Waals surface area contributed by atoms with Gasteiger partial charge in [0, 0.05) is 23.6 Å². The minimum atomic E-state index is -0.685. The summed E-state index contributed by atoms with van der Waals surface area (Å²) in [6, 6.07) is 5.61. The van der Waals surface area contributed by atoms with E-state index in [0.29, 0.717) is 30.8 Å². The summed E-state index contributed by atoms with van der Waals surface area (Å²) >= 11 is 0. The van der Waals surface area contributed by atoms with Crippen molar-refractivity contribution in [2.24, 2.45) is 0 Å². The van der Waals surface area contributed by atoms with Gasteiger partial charge in [-0.05, 0) is 31.2 Å². The number of aliphatic hydroxyl groups excluding tert-OH is 1. The molecule has 0 bridgehead atoms. The SMILES string of the molecule is CC(O)c1cc2n(n1)CCN(C(=O)c1c[nH]c3ccc(F)cc3c1=O)C2. The number of pyridine rings is 1. The number of rotatable bonds is 2. The zero-order valence-corrected chi connectivity index (χ0v) is 14.1. The first-order chi connectivity index (χ1) is 12.4. The van der Waals surface area contributed by atoms with E-state index in [2.05, 4.69) is 10.1 Å². The third-order valence-electron chi connectivity index (χ3n) is 4.61. The third kappa shape index (κ3) is 2.68. The Morgan fingerprint density at radius 3 is 2.92 bits per heavy atom. The second-order valence-corrected chi connectivity index (χ2v) is 6.41. The Kier molecular flexibility index (Phi) is 3.84. The summed E-state index contributed by atoms with van der Waals surface area (Å²) < 4.78 is 15.2. The molecule has 1 aliphatic rings. The summed E-state index contributed by atoms with van der Waals surface area (Å²) in [6.07, 6.45) is 0.688. The van der Waals surface area contributed by atoms with E-state index in [1.165, 1.54) is 18.3 Å². The lowest BCUT2D eigenvalue weighted by atomic mass is 10.1. The maximum absolute atomic E-state index is 13.5. The van der Waals surface area contributed by atoms with Crippen molar-refractivity contribution in [2.45, 2.75) is 26.1 Å². The highest BCUT2D eigenvalue weighted by Crippen LogP contribution is 2.19. The lowest BCUT2D eigenvalue weighted by molar-refractivity contribution is 0.0704. The van der Waals surface area contributed by atoms with E-state index in [4.69, 9.17) is 0 Å². The first-order valence-electron chi connectivity index (χ1n) is 8.29. The number of nitrogens with zero attached hydrogens (tertiary/aromatic N) is 3. The monoisotopic (exact) mass is 356 g/mol.